The molecule has 1 fully saturated rings. The second kappa shape index (κ2) is 10.8. The molecule has 37 heavy (non-hydrogen) atoms. The Hall–Kier alpha value is -3.60. The van der Waals surface area contributed by atoms with Crippen LogP contribution in [0.4, 0.5) is 4.39 Å². The van der Waals surface area contributed by atoms with Crippen molar-refractivity contribution in [1.82, 2.24) is 24.2 Å². The Morgan fingerprint density at radius 3 is 2.65 bits per heavy atom. The summed E-state index contributed by atoms with van der Waals surface area (Å²) in [6.07, 6.45) is 4.03. The molecule has 1 N–H and O–H groups in total. The first-order chi connectivity index (χ1) is 17.9. The third kappa shape index (κ3) is 5.71. The van der Waals surface area contributed by atoms with E-state index < -0.39 is 5.60 Å². The standard InChI is InChI=1S/C27H30FN5O4/c1-36-13-14-37-23-4-2-3-22(15-23)33-25-24(16-30-33)26(34)32(19-29-25)18-27(35)9-11-31(12-10-27)17-20-5-7-21(28)8-6-20/h2-8,15-16,19,35H,9-14,17-18H2,1H3. The Kier molecular flexibility index (Phi) is 7.31. The summed E-state index contributed by atoms with van der Waals surface area (Å²) in [6, 6.07) is 13.9. The van der Waals surface area contributed by atoms with Gasteiger partial charge in [-0.3, -0.25) is 14.3 Å². The van der Waals surface area contributed by atoms with E-state index in [0.717, 1.165) is 11.3 Å². The maximum Gasteiger partial charge on any atom is 0.264 e. The van der Waals surface area contributed by atoms with E-state index in [1.54, 1.807) is 23.9 Å². The summed E-state index contributed by atoms with van der Waals surface area (Å²) in [7, 11) is 1.62. The summed E-state index contributed by atoms with van der Waals surface area (Å²) in [4.78, 5) is 20.0. The summed E-state index contributed by atoms with van der Waals surface area (Å²) in [5.41, 5.74) is 0.938. The SMILES string of the molecule is COCCOc1cccc(-n2ncc3c(=O)n(CC4(O)CCN(Cc5ccc(F)cc5)CC4)cnc32)c1. The Morgan fingerprint density at radius 1 is 1.11 bits per heavy atom. The van der Waals surface area contributed by atoms with Crippen LogP contribution in [0.2, 0.25) is 0 Å². The number of hydrogen-bond donors (Lipinski definition) is 1. The Morgan fingerprint density at radius 2 is 1.89 bits per heavy atom. The molecule has 0 atom stereocenters. The molecule has 0 radical (unpaired) electrons. The van der Waals surface area contributed by atoms with Crippen LogP contribution in [0.1, 0.15) is 18.4 Å². The molecular formula is C27H30FN5O4. The number of hydrogen-bond acceptors (Lipinski definition) is 7. The maximum absolute atomic E-state index is 13.2. The van der Waals surface area contributed by atoms with E-state index in [1.165, 1.54) is 29.2 Å². The third-order valence-electron chi connectivity index (χ3n) is 6.74. The molecule has 0 spiro atoms. The van der Waals surface area contributed by atoms with Crippen molar-refractivity contribution >= 4 is 11.0 Å². The van der Waals surface area contributed by atoms with Crippen LogP contribution in [0, 0.1) is 5.82 Å². The molecule has 1 aliphatic rings. The molecule has 10 heteroatoms. The smallest absolute Gasteiger partial charge is 0.264 e. The minimum absolute atomic E-state index is 0.160. The van der Waals surface area contributed by atoms with Gasteiger partial charge in [-0.05, 0) is 42.7 Å². The van der Waals surface area contributed by atoms with E-state index >= 15 is 0 Å². The second-order valence-electron chi connectivity index (χ2n) is 9.44. The van der Waals surface area contributed by atoms with Crippen molar-refractivity contribution in [2.24, 2.45) is 0 Å². The minimum atomic E-state index is -1.01. The summed E-state index contributed by atoms with van der Waals surface area (Å²) >= 11 is 0. The van der Waals surface area contributed by atoms with Gasteiger partial charge in [-0.25, -0.2) is 14.1 Å². The lowest BCUT2D eigenvalue weighted by Gasteiger charge is -2.38. The molecule has 0 amide bonds. The molecule has 5 rings (SSSR count). The molecule has 0 saturated carbocycles. The number of piperidine rings is 1. The van der Waals surface area contributed by atoms with Crippen molar-refractivity contribution in [3.63, 3.8) is 0 Å². The van der Waals surface area contributed by atoms with Gasteiger partial charge < -0.3 is 14.6 Å². The molecule has 4 aromatic rings. The molecule has 2 aromatic heterocycles. The first kappa shape index (κ1) is 25.1. The van der Waals surface area contributed by atoms with Crippen LogP contribution in [-0.4, -0.2) is 68.4 Å². The highest BCUT2D eigenvalue weighted by Gasteiger charge is 2.33. The normalized spacial score (nSPS) is 15.8. The molecule has 1 saturated heterocycles. The van der Waals surface area contributed by atoms with Crippen LogP contribution in [0.25, 0.3) is 16.7 Å². The van der Waals surface area contributed by atoms with Gasteiger partial charge in [-0.1, -0.05) is 18.2 Å². The van der Waals surface area contributed by atoms with Gasteiger partial charge in [0.25, 0.3) is 5.56 Å². The van der Waals surface area contributed by atoms with Gasteiger partial charge in [0.05, 0.1) is 30.6 Å². The van der Waals surface area contributed by atoms with E-state index in [4.69, 9.17) is 9.47 Å². The van der Waals surface area contributed by atoms with E-state index in [1.807, 2.05) is 24.3 Å². The van der Waals surface area contributed by atoms with Crippen LogP contribution >= 0.6 is 0 Å². The number of likely N-dealkylation sites (tertiary alicyclic amines) is 1. The van der Waals surface area contributed by atoms with Crippen molar-refractivity contribution in [2.45, 2.75) is 31.5 Å². The van der Waals surface area contributed by atoms with E-state index in [0.29, 0.717) is 62.5 Å². The number of methoxy groups -OCH3 is 1. The predicted octanol–water partition coefficient (Wildman–Crippen LogP) is 2.77. The van der Waals surface area contributed by atoms with Gasteiger partial charge in [0.15, 0.2) is 5.65 Å². The van der Waals surface area contributed by atoms with Gasteiger partial charge >= 0.3 is 0 Å². The largest absolute Gasteiger partial charge is 0.491 e. The number of nitrogens with zero attached hydrogens (tertiary/aromatic N) is 5. The summed E-state index contributed by atoms with van der Waals surface area (Å²) in [5.74, 6) is 0.415. The highest BCUT2D eigenvalue weighted by Crippen LogP contribution is 2.25. The lowest BCUT2D eigenvalue weighted by atomic mass is 9.91. The molecule has 0 aliphatic carbocycles. The molecule has 0 unspecified atom stereocenters. The average Bonchev–Trinajstić information content (AvgIpc) is 3.34. The monoisotopic (exact) mass is 507 g/mol. The van der Waals surface area contributed by atoms with Crippen molar-refractivity contribution in [1.29, 1.82) is 0 Å². The fourth-order valence-electron chi connectivity index (χ4n) is 4.65. The molecule has 0 bridgehead atoms. The first-order valence-electron chi connectivity index (χ1n) is 12.3. The van der Waals surface area contributed by atoms with Crippen LogP contribution in [-0.2, 0) is 17.8 Å². The third-order valence-corrected chi connectivity index (χ3v) is 6.74. The fourth-order valence-corrected chi connectivity index (χ4v) is 4.65. The minimum Gasteiger partial charge on any atom is -0.491 e. The zero-order chi connectivity index (χ0) is 25.8. The zero-order valence-electron chi connectivity index (χ0n) is 20.7. The summed E-state index contributed by atoms with van der Waals surface area (Å²) < 4.78 is 26.9. The number of halogens is 1. The Bertz CT molecular complexity index is 1410. The molecule has 1 aliphatic heterocycles. The van der Waals surface area contributed by atoms with Crippen molar-refractivity contribution in [3.05, 3.63) is 82.8 Å². The van der Waals surface area contributed by atoms with E-state index in [2.05, 4.69) is 15.0 Å². The highest BCUT2D eigenvalue weighted by atomic mass is 19.1. The van der Waals surface area contributed by atoms with Gasteiger partial charge in [0.1, 0.15) is 29.9 Å². The maximum atomic E-state index is 13.2. The Balaban J connectivity index is 1.28. The second-order valence-corrected chi connectivity index (χ2v) is 9.44. The summed E-state index contributed by atoms with van der Waals surface area (Å²) in [5, 5.41) is 16.0. The molecule has 2 aromatic carbocycles. The first-order valence-corrected chi connectivity index (χ1v) is 12.3. The lowest BCUT2D eigenvalue weighted by molar-refractivity contribution is -0.0364. The van der Waals surface area contributed by atoms with Crippen molar-refractivity contribution in [3.8, 4) is 11.4 Å². The van der Waals surface area contributed by atoms with Crippen LogP contribution in [0.5, 0.6) is 5.75 Å². The van der Waals surface area contributed by atoms with Gasteiger partial charge in [-0.2, -0.15) is 5.10 Å². The quantitative estimate of drug-likeness (QED) is 0.348. The van der Waals surface area contributed by atoms with E-state index in [9.17, 15) is 14.3 Å². The van der Waals surface area contributed by atoms with Crippen molar-refractivity contribution in [2.75, 3.05) is 33.4 Å². The van der Waals surface area contributed by atoms with Crippen molar-refractivity contribution < 1.29 is 19.0 Å². The zero-order valence-corrected chi connectivity index (χ0v) is 20.7. The van der Waals surface area contributed by atoms with Crippen LogP contribution in [0.15, 0.2) is 65.8 Å². The van der Waals surface area contributed by atoms with Gasteiger partial charge in [0, 0.05) is 32.8 Å². The highest BCUT2D eigenvalue weighted by molar-refractivity contribution is 5.75. The number of aliphatic hydroxyl groups is 1. The number of ether oxygens (including phenoxy) is 2. The average molecular weight is 508 g/mol. The molecule has 194 valence electrons. The number of rotatable bonds is 9. The number of benzene rings is 2. The lowest BCUT2D eigenvalue weighted by Crippen LogP contribution is -2.47. The fraction of sp³-hybridized carbons (Fsp3) is 0.370. The molecule has 9 nitrogen and oxygen atoms in total. The topological polar surface area (TPSA) is 94.6 Å². The number of aromatic nitrogens is 4. The van der Waals surface area contributed by atoms with Gasteiger partial charge in [-0.15, -0.1) is 0 Å². The van der Waals surface area contributed by atoms with Gasteiger partial charge in [0.2, 0.25) is 0 Å². The van der Waals surface area contributed by atoms with Crippen LogP contribution in [0.3, 0.4) is 0 Å². The van der Waals surface area contributed by atoms with Crippen LogP contribution < -0.4 is 10.3 Å². The molecule has 3 heterocycles. The number of fused-ring (bicyclic) bond motifs is 1. The molecular weight excluding hydrogens is 477 g/mol. The Labute approximate surface area is 213 Å². The summed E-state index contributed by atoms with van der Waals surface area (Å²) in [6.45, 7) is 3.12. The van der Waals surface area contributed by atoms with E-state index in [-0.39, 0.29) is 17.9 Å². The predicted molar refractivity (Wildman–Crippen MR) is 136 cm³/mol.